The van der Waals surface area contributed by atoms with Gasteiger partial charge in [-0.1, -0.05) is 17.7 Å². The van der Waals surface area contributed by atoms with Crippen molar-refractivity contribution in [1.29, 1.82) is 0 Å². The van der Waals surface area contributed by atoms with E-state index in [2.05, 4.69) is 0 Å². The summed E-state index contributed by atoms with van der Waals surface area (Å²) < 4.78 is 5.52. The molecular weight excluding hydrogens is 246 g/mol. The van der Waals surface area contributed by atoms with E-state index in [9.17, 15) is 9.59 Å². The van der Waals surface area contributed by atoms with Gasteiger partial charge in [-0.3, -0.25) is 9.59 Å². The van der Waals surface area contributed by atoms with Crippen LogP contribution in [0.25, 0.3) is 0 Å². The highest BCUT2D eigenvalue weighted by atomic mass is 16.5. The Hall–Kier alpha value is -2.04. The molecule has 1 aromatic rings. The van der Waals surface area contributed by atoms with E-state index in [1.165, 1.54) is 11.9 Å². The first-order valence-electron chi connectivity index (χ1n) is 6.06. The average molecular weight is 265 g/mol. The highest BCUT2D eigenvalue weighted by Gasteiger charge is 2.12. The Balaban J connectivity index is 2.41. The third-order valence-electron chi connectivity index (χ3n) is 2.70. The number of nitrogens with zero attached hydrogens (tertiary/aromatic N) is 1. The van der Waals surface area contributed by atoms with Crippen molar-refractivity contribution in [3.63, 3.8) is 0 Å². The molecule has 104 valence electrons. The minimum Gasteiger partial charge on any atom is -0.493 e. The summed E-state index contributed by atoms with van der Waals surface area (Å²) in [5.74, 6) is -0.516. The molecule has 0 saturated carbocycles. The molecule has 0 aromatic heterocycles. The zero-order valence-corrected chi connectivity index (χ0v) is 11.5. The molecule has 0 saturated heterocycles. The Morgan fingerprint density at radius 1 is 1.32 bits per heavy atom. The van der Waals surface area contributed by atoms with Crippen LogP contribution in [-0.4, -0.2) is 42.1 Å². The Morgan fingerprint density at radius 2 is 2.00 bits per heavy atom. The summed E-state index contributed by atoms with van der Waals surface area (Å²) in [6.07, 6.45) is 0.164. The molecule has 0 fully saturated rings. The van der Waals surface area contributed by atoms with Crippen LogP contribution in [-0.2, 0) is 9.59 Å². The van der Waals surface area contributed by atoms with Gasteiger partial charge in [0.05, 0.1) is 13.0 Å². The molecule has 1 rings (SSSR count). The summed E-state index contributed by atoms with van der Waals surface area (Å²) in [4.78, 5) is 23.2. The smallest absolute Gasteiger partial charge is 0.323 e. The van der Waals surface area contributed by atoms with Crippen LogP contribution in [0.5, 0.6) is 5.75 Å². The highest BCUT2D eigenvalue weighted by Crippen LogP contribution is 2.18. The van der Waals surface area contributed by atoms with Gasteiger partial charge in [0.15, 0.2) is 0 Å². The lowest BCUT2D eigenvalue weighted by Gasteiger charge is -2.15. The molecule has 0 atom stereocenters. The van der Waals surface area contributed by atoms with Gasteiger partial charge in [-0.25, -0.2) is 0 Å². The minimum atomic E-state index is -1.02. The number of ether oxygens (including phenoxy) is 1. The maximum atomic E-state index is 11.6. The van der Waals surface area contributed by atoms with Gasteiger partial charge in [0.25, 0.3) is 0 Å². The second kappa shape index (κ2) is 6.78. The molecule has 0 aliphatic rings. The van der Waals surface area contributed by atoms with Crippen molar-refractivity contribution in [3.8, 4) is 5.75 Å². The number of carboxylic acids is 1. The van der Waals surface area contributed by atoms with E-state index in [-0.39, 0.29) is 25.5 Å². The zero-order chi connectivity index (χ0) is 14.4. The lowest BCUT2D eigenvalue weighted by atomic mass is 10.1. The van der Waals surface area contributed by atoms with E-state index < -0.39 is 5.97 Å². The molecule has 0 spiro atoms. The van der Waals surface area contributed by atoms with Gasteiger partial charge < -0.3 is 14.7 Å². The highest BCUT2D eigenvalue weighted by molar-refractivity contribution is 5.81. The number of hydrogen-bond acceptors (Lipinski definition) is 3. The van der Waals surface area contributed by atoms with Crippen LogP contribution >= 0.6 is 0 Å². The monoisotopic (exact) mass is 265 g/mol. The van der Waals surface area contributed by atoms with Gasteiger partial charge in [0.1, 0.15) is 12.3 Å². The first-order chi connectivity index (χ1) is 8.90. The van der Waals surface area contributed by atoms with Gasteiger partial charge in [-0.05, 0) is 25.5 Å². The number of amides is 1. The number of carbonyl (C=O) groups excluding carboxylic acids is 1. The summed E-state index contributed by atoms with van der Waals surface area (Å²) in [7, 11) is 1.47. The minimum absolute atomic E-state index is 0.164. The predicted octanol–water partition coefficient (Wildman–Crippen LogP) is 1.62. The van der Waals surface area contributed by atoms with Crippen molar-refractivity contribution in [2.45, 2.75) is 20.3 Å². The third kappa shape index (κ3) is 4.99. The largest absolute Gasteiger partial charge is 0.493 e. The summed E-state index contributed by atoms with van der Waals surface area (Å²) in [6, 6.07) is 5.82. The topological polar surface area (TPSA) is 66.8 Å². The summed E-state index contributed by atoms with van der Waals surface area (Å²) in [5, 5.41) is 8.57. The van der Waals surface area contributed by atoms with Gasteiger partial charge in [0.2, 0.25) is 5.91 Å². The van der Waals surface area contributed by atoms with Crippen LogP contribution in [0, 0.1) is 13.8 Å². The number of benzene rings is 1. The lowest BCUT2D eigenvalue weighted by Crippen LogP contribution is -2.32. The fourth-order valence-electron chi connectivity index (χ4n) is 1.69. The Morgan fingerprint density at radius 3 is 2.58 bits per heavy atom. The second-order valence-corrected chi connectivity index (χ2v) is 4.51. The SMILES string of the molecule is Cc1ccc(OCCC(=O)N(C)CC(=O)O)c(C)c1. The molecule has 5 nitrogen and oxygen atoms in total. The molecule has 0 bridgehead atoms. The fourth-order valence-corrected chi connectivity index (χ4v) is 1.69. The van der Waals surface area contributed by atoms with Crippen LogP contribution < -0.4 is 4.74 Å². The lowest BCUT2D eigenvalue weighted by molar-refractivity contribution is -0.143. The van der Waals surface area contributed by atoms with E-state index in [0.717, 1.165) is 16.9 Å². The standard InChI is InChI=1S/C14H19NO4/c1-10-4-5-12(11(2)8-10)19-7-6-13(16)15(3)9-14(17)18/h4-5,8H,6-7,9H2,1-3H3,(H,17,18). The number of aliphatic carboxylic acids is 1. The number of aryl methyl sites for hydroxylation is 2. The first kappa shape index (κ1) is 15.0. The van der Waals surface area contributed by atoms with Crippen LogP contribution in [0.4, 0.5) is 0 Å². The maximum Gasteiger partial charge on any atom is 0.323 e. The van der Waals surface area contributed by atoms with Crippen molar-refractivity contribution in [3.05, 3.63) is 29.3 Å². The van der Waals surface area contributed by atoms with Gasteiger partial charge in [0, 0.05) is 7.05 Å². The van der Waals surface area contributed by atoms with Gasteiger partial charge >= 0.3 is 5.97 Å². The van der Waals surface area contributed by atoms with Gasteiger partial charge in [-0.2, -0.15) is 0 Å². The van der Waals surface area contributed by atoms with Crippen LogP contribution in [0.15, 0.2) is 18.2 Å². The zero-order valence-electron chi connectivity index (χ0n) is 11.5. The molecule has 19 heavy (non-hydrogen) atoms. The van der Waals surface area contributed by atoms with Crippen LogP contribution in [0.3, 0.4) is 0 Å². The number of hydrogen-bond donors (Lipinski definition) is 1. The molecule has 0 aliphatic heterocycles. The van der Waals surface area contributed by atoms with Crippen LogP contribution in [0.1, 0.15) is 17.5 Å². The third-order valence-corrected chi connectivity index (χ3v) is 2.70. The average Bonchev–Trinajstić information content (AvgIpc) is 2.30. The molecule has 1 aromatic carbocycles. The summed E-state index contributed by atoms with van der Waals surface area (Å²) in [6.45, 7) is 3.90. The summed E-state index contributed by atoms with van der Waals surface area (Å²) >= 11 is 0. The molecule has 0 aliphatic carbocycles. The van der Waals surface area contributed by atoms with E-state index in [1.54, 1.807) is 0 Å². The van der Waals surface area contributed by atoms with Crippen molar-refractivity contribution in [2.24, 2.45) is 0 Å². The quantitative estimate of drug-likeness (QED) is 0.848. The van der Waals surface area contributed by atoms with E-state index in [4.69, 9.17) is 9.84 Å². The molecular formula is C14H19NO4. The number of likely N-dealkylation sites (N-methyl/N-ethyl adjacent to an activating group) is 1. The number of carbonyl (C=O) groups is 2. The van der Waals surface area contributed by atoms with E-state index >= 15 is 0 Å². The molecule has 5 heteroatoms. The molecule has 0 heterocycles. The molecule has 1 amide bonds. The van der Waals surface area contributed by atoms with E-state index in [0.29, 0.717) is 0 Å². The number of rotatable bonds is 6. The normalized spacial score (nSPS) is 10.1. The second-order valence-electron chi connectivity index (χ2n) is 4.51. The molecule has 1 N–H and O–H groups in total. The van der Waals surface area contributed by atoms with Crippen molar-refractivity contribution >= 4 is 11.9 Å². The predicted molar refractivity (Wildman–Crippen MR) is 71.3 cm³/mol. The molecule has 0 unspecified atom stereocenters. The summed E-state index contributed by atoms with van der Waals surface area (Å²) in [5.41, 5.74) is 2.17. The fraction of sp³-hybridized carbons (Fsp3) is 0.429. The van der Waals surface area contributed by atoms with Gasteiger partial charge in [-0.15, -0.1) is 0 Å². The van der Waals surface area contributed by atoms with Crippen molar-refractivity contribution < 1.29 is 19.4 Å². The first-order valence-corrected chi connectivity index (χ1v) is 6.06. The van der Waals surface area contributed by atoms with Crippen molar-refractivity contribution in [2.75, 3.05) is 20.2 Å². The van der Waals surface area contributed by atoms with Crippen LogP contribution in [0.2, 0.25) is 0 Å². The molecule has 0 radical (unpaired) electrons. The Bertz CT molecular complexity index is 471. The maximum absolute atomic E-state index is 11.6. The van der Waals surface area contributed by atoms with E-state index in [1.807, 2.05) is 32.0 Å². The van der Waals surface area contributed by atoms with Crippen molar-refractivity contribution in [1.82, 2.24) is 4.90 Å². The Kier molecular flexibility index (Phi) is 5.36. The number of carboxylic acid groups (broad SMARTS) is 1. The Labute approximate surface area is 112 Å².